The Bertz CT molecular complexity index is 733. The average Bonchev–Trinajstić information content (AvgIpc) is 3.15. The maximum absolute atomic E-state index is 12.4. The van der Waals surface area contributed by atoms with Gasteiger partial charge in [-0.2, -0.15) is 0 Å². The van der Waals surface area contributed by atoms with E-state index < -0.39 is 0 Å². The average molecular weight is 356 g/mol. The summed E-state index contributed by atoms with van der Waals surface area (Å²) >= 11 is 0. The first-order chi connectivity index (χ1) is 12.7. The normalized spacial score (nSPS) is 16.5. The first-order valence-corrected chi connectivity index (χ1v) is 8.90. The molecule has 1 atom stereocenters. The van der Waals surface area contributed by atoms with E-state index in [4.69, 9.17) is 14.6 Å². The molecule has 3 rings (SSSR count). The maximum Gasteiger partial charge on any atom is 0.260 e. The van der Waals surface area contributed by atoms with Gasteiger partial charge in [0.15, 0.2) is 6.61 Å². The number of carbonyl (C=O) groups excluding carboxylic acids is 1. The number of hydrogen-bond donors (Lipinski definition) is 1. The predicted octanol–water partition coefficient (Wildman–Crippen LogP) is 2.20. The second-order valence-corrected chi connectivity index (χ2v) is 6.28. The van der Waals surface area contributed by atoms with Gasteiger partial charge in [0, 0.05) is 24.7 Å². The number of aromatic nitrogens is 1. The van der Waals surface area contributed by atoms with E-state index in [0.717, 1.165) is 24.0 Å². The molecule has 1 aromatic heterocycles. The Kier molecular flexibility index (Phi) is 6.07. The maximum atomic E-state index is 12.4. The minimum atomic E-state index is -0.0564. The SMILES string of the molecule is CCc1cccnc1OC1CCN(C(=O)COc2ccc(CO)cc2)C1. The molecule has 6 nitrogen and oxygen atoms in total. The van der Waals surface area contributed by atoms with Gasteiger partial charge in [0.1, 0.15) is 11.9 Å². The zero-order valence-electron chi connectivity index (χ0n) is 14.9. The molecule has 0 bridgehead atoms. The van der Waals surface area contributed by atoms with Crippen LogP contribution in [0.3, 0.4) is 0 Å². The molecule has 1 N–H and O–H groups in total. The molecule has 6 heteroatoms. The van der Waals surface area contributed by atoms with Gasteiger partial charge in [-0.05, 0) is 30.2 Å². The Morgan fingerprint density at radius 3 is 2.85 bits per heavy atom. The lowest BCUT2D eigenvalue weighted by molar-refractivity contribution is -0.132. The number of amides is 1. The molecule has 2 heterocycles. The molecule has 1 fully saturated rings. The first-order valence-electron chi connectivity index (χ1n) is 8.90. The van der Waals surface area contributed by atoms with Crippen molar-refractivity contribution >= 4 is 5.91 Å². The molecule has 138 valence electrons. The van der Waals surface area contributed by atoms with E-state index >= 15 is 0 Å². The Morgan fingerprint density at radius 2 is 2.12 bits per heavy atom. The van der Waals surface area contributed by atoms with Gasteiger partial charge in [-0.25, -0.2) is 4.98 Å². The Hall–Kier alpha value is -2.60. The molecular weight excluding hydrogens is 332 g/mol. The third-order valence-electron chi connectivity index (χ3n) is 4.48. The van der Waals surface area contributed by atoms with E-state index in [1.165, 1.54) is 0 Å². The van der Waals surface area contributed by atoms with Gasteiger partial charge in [0.05, 0.1) is 13.2 Å². The van der Waals surface area contributed by atoms with Crippen molar-refractivity contribution in [3.05, 3.63) is 53.7 Å². The molecule has 0 radical (unpaired) electrons. The number of benzene rings is 1. The third-order valence-corrected chi connectivity index (χ3v) is 4.48. The number of nitrogens with zero attached hydrogens (tertiary/aromatic N) is 2. The minimum absolute atomic E-state index is 0.00497. The number of aliphatic hydroxyl groups is 1. The monoisotopic (exact) mass is 356 g/mol. The number of hydrogen-bond acceptors (Lipinski definition) is 5. The summed E-state index contributed by atoms with van der Waals surface area (Å²) in [4.78, 5) is 18.4. The highest BCUT2D eigenvalue weighted by Gasteiger charge is 2.28. The van der Waals surface area contributed by atoms with Gasteiger partial charge in [-0.1, -0.05) is 25.1 Å². The van der Waals surface area contributed by atoms with Gasteiger partial charge in [0.2, 0.25) is 5.88 Å². The van der Waals surface area contributed by atoms with Crippen molar-refractivity contribution in [2.45, 2.75) is 32.5 Å². The van der Waals surface area contributed by atoms with Crippen molar-refractivity contribution in [1.82, 2.24) is 9.88 Å². The van der Waals surface area contributed by atoms with Crippen LogP contribution in [0.2, 0.25) is 0 Å². The lowest BCUT2D eigenvalue weighted by Crippen LogP contribution is -2.34. The van der Waals surface area contributed by atoms with Gasteiger partial charge in [-0.15, -0.1) is 0 Å². The number of ether oxygens (including phenoxy) is 2. The zero-order valence-corrected chi connectivity index (χ0v) is 14.9. The number of carbonyl (C=O) groups is 1. The number of rotatable bonds is 7. The van der Waals surface area contributed by atoms with Crippen LogP contribution < -0.4 is 9.47 Å². The standard InChI is InChI=1S/C20H24N2O4/c1-2-16-4-3-10-21-20(16)26-18-9-11-22(12-18)19(24)14-25-17-7-5-15(13-23)6-8-17/h3-8,10,18,23H,2,9,11-14H2,1H3. The molecule has 1 aliphatic rings. The van der Waals surface area contributed by atoms with Crippen LogP contribution in [0, 0.1) is 0 Å². The molecule has 26 heavy (non-hydrogen) atoms. The zero-order chi connectivity index (χ0) is 18.4. The molecule has 2 aromatic rings. The summed E-state index contributed by atoms with van der Waals surface area (Å²) in [7, 11) is 0. The summed E-state index contributed by atoms with van der Waals surface area (Å²) in [6.07, 6.45) is 3.34. The molecule has 0 aliphatic carbocycles. The molecule has 1 aliphatic heterocycles. The van der Waals surface area contributed by atoms with E-state index in [2.05, 4.69) is 11.9 Å². The summed E-state index contributed by atoms with van der Waals surface area (Å²) in [6.45, 7) is 3.26. The van der Waals surface area contributed by atoms with Crippen molar-refractivity contribution in [3.8, 4) is 11.6 Å². The van der Waals surface area contributed by atoms with Gasteiger partial charge >= 0.3 is 0 Å². The fraction of sp³-hybridized carbons (Fsp3) is 0.400. The Labute approximate surface area is 153 Å². The number of pyridine rings is 1. The topological polar surface area (TPSA) is 71.9 Å². The van der Waals surface area contributed by atoms with Crippen molar-refractivity contribution < 1.29 is 19.4 Å². The van der Waals surface area contributed by atoms with Crippen LogP contribution in [-0.4, -0.2) is 46.7 Å². The largest absolute Gasteiger partial charge is 0.484 e. The smallest absolute Gasteiger partial charge is 0.260 e. The second kappa shape index (κ2) is 8.67. The van der Waals surface area contributed by atoms with Gasteiger partial charge < -0.3 is 19.5 Å². The molecule has 1 amide bonds. The molecule has 0 spiro atoms. The molecule has 1 saturated heterocycles. The van der Waals surface area contributed by atoms with Crippen LogP contribution in [-0.2, 0) is 17.8 Å². The summed E-state index contributed by atoms with van der Waals surface area (Å²) < 4.78 is 11.5. The van der Waals surface area contributed by atoms with E-state index in [1.54, 1.807) is 35.4 Å². The summed E-state index contributed by atoms with van der Waals surface area (Å²) in [6, 6.07) is 11.0. The summed E-state index contributed by atoms with van der Waals surface area (Å²) in [5.74, 6) is 1.22. The highest BCUT2D eigenvalue weighted by molar-refractivity contribution is 5.78. The third kappa shape index (κ3) is 4.52. The molecular formula is C20H24N2O4. The van der Waals surface area contributed by atoms with Crippen LogP contribution in [0.5, 0.6) is 11.6 Å². The minimum Gasteiger partial charge on any atom is -0.484 e. The van der Waals surface area contributed by atoms with Crippen LogP contribution in [0.1, 0.15) is 24.5 Å². The number of aliphatic hydroxyl groups excluding tert-OH is 1. The predicted molar refractivity (Wildman–Crippen MR) is 97.1 cm³/mol. The summed E-state index contributed by atoms with van der Waals surface area (Å²) in [5.41, 5.74) is 1.89. The number of likely N-dealkylation sites (tertiary alicyclic amines) is 1. The molecule has 1 aromatic carbocycles. The highest BCUT2D eigenvalue weighted by Crippen LogP contribution is 2.21. The van der Waals surface area contributed by atoms with Crippen molar-refractivity contribution in [2.24, 2.45) is 0 Å². The second-order valence-electron chi connectivity index (χ2n) is 6.28. The molecule has 1 unspecified atom stereocenters. The van der Waals surface area contributed by atoms with Crippen LogP contribution >= 0.6 is 0 Å². The van der Waals surface area contributed by atoms with E-state index in [-0.39, 0.29) is 25.2 Å². The van der Waals surface area contributed by atoms with E-state index in [9.17, 15) is 4.79 Å². The lowest BCUT2D eigenvalue weighted by atomic mass is 10.2. The summed E-state index contributed by atoms with van der Waals surface area (Å²) in [5, 5.41) is 9.04. The van der Waals surface area contributed by atoms with Crippen LogP contribution in [0.4, 0.5) is 0 Å². The fourth-order valence-electron chi connectivity index (χ4n) is 2.94. The Morgan fingerprint density at radius 1 is 1.31 bits per heavy atom. The van der Waals surface area contributed by atoms with Gasteiger partial charge in [-0.3, -0.25) is 4.79 Å². The van der Waals surface area contributed by atoms with E-state index in [1.807, 2.05) is 12.1 Å². The Balaban J connectivity index is 1.49. The van der Waals surface area contributed by atoms with Crippen molar-refractivity contribution in [2.75, 3.05) is 19.7 Å². The van der Waals surface area contributed by atoms with Crippen LogP contribution in [0.15, 0.2) is 42.6 Å². The van der Waals surface area contributed by atoms with Crippen molar-refractivity contribution in [1.29, 1.82) is 0 Å². The lowest BCUT2D eigenvalue weighted by Gasteiger charge is -2.18. The van der Waals surface area contributed by atoms with E-state index in [0.29, 0.717) is 24.7 Å². The highest BCUT2D eigenvalue weighted by atomic mass is 16.5. The van der Waals surface area contributed by atoms with Gasteiger partial charge in [0.25, 0.3) is 5.91 Å². The fourth-order valence-corrected chi connectivity index (χ4v) is 2.94. The van der Waals surface area contributed by atoms with Crippen molar-refractivity contribution in [3.63, 3.8) is 0 Å². The first kappa shape index (κ1) is 18.2. The van der Waals surface area contributed by atoms with Crippen LogP contribution in [0.25, 0.3) is 0 Å². The number of aryl methyl sites for hydroxylation is 1. The quantitative estimate of drug-likeness (QED) is 0.823. The molecule has 0 saturated carbocycles.